The number of nitrogens with zero attached hydrogens (tertiary/aromatic N) is 1. The second kappa shape index (κ2) is 8.62. The number of carbonyl (C=O) groups is 2. The summed E-state index contributed by atoms with van der Waals surface area (Å²) in [5, 5.41) is 1.89. The minimum Gasteiger partial charge on any atom is -0.341 e. The molecule has 148 valence electrons. The molecule has 3 rings (SSSR count). The van der Waals surface area contributed by atoms with Crippen LogP contribution in [0.15, 0.2) is 28.0 Å². The number of sulfonamides is 1. The molecule has 1 fully saturated rings. The van der Waals surface area contributed by atoms with Crippen molar-refractivity contribution in [3.63, 3.8) is 0 Å². The van der Waals surface area contributed by atoms with Gasteiger partial charge in [0.25, 0.3) is 0 Å². The number of fused-ring (bicyclic) bond motifs is 1. The van der Waals surface area contributed by atoms with Gasteiger partial charge in [-0.25, -0.2) is 13.1 Å². The van der Waals surface area contributed by atoms with Crippen LogP contribution in [0.3, 0.4) is 0 Å². The summed E-state index contributed by atoms with van der Waals surface area (Å²) in [7, 11) is -3.61. The lowest BCUT2D eigenvalue weighted by Crippen LogP contribution is -2.45. The third kappa shape index (κ3) is 4.64. The molecule has 0 unspecified atom stereocenters. The van der Waals surface area contributed by atoms with E-state index in [9.17, 15) is 18.0 Å². The van der Waals surface area contributed by atoms with E-state index in [0.717, 1.165) is 25.7 Å². The highest BCUT2D eigenvalue weighted by atomic mass is 32.2. The molecular formula is C18H25N3O4S2. The zero-order valence-electron chi connectivity index (χ0n) is 15.4. The fraction of sp³-hybridized carbons (Fsp3) is 0.556. The van der Waals surface area contributed by atoms with E-state index in [4.69, 9.17) is 0 Å². The molecule has 2 aliphatic heterocycles. The number of anilines is 1. The second-order valence-corrected chi connectivity index (χ2v) is 9.70. The molecule has 2 aliphatic rings. The highest BCUT2D eigenvalue weighted by Gasteiger charge is 2.36. The molecule has 9 heteroatoms. The molecule has 1 atom stereocenters. The topological polar surface area (TPSA) is 95.6 Å². The normalized spacial score (nSPS) is 20.6. The van der Waals surface area contributed by atoms with Crippen molar-refractivity contribution in [3.05, 3.63) is 18.2 Å². The lowest BCUT2D eigenvalue weighted by Gasteiger charge is -2.28. The van der Waals surface area contributed by atoms with Crippen molar-refractivity contribution in [3.8, 4) is 0 Å². The van der Waals surface area contributed by atoms with Gasteiger partial charge in [0, 0.05) is 24.5 Å². The summed E-state index contributed by atoms with van der Waals surface area (Å²) in [6.45, 7) is 3.62. The maximum atomic E-state index is 12.8. The smallest absolute Gasteiger partial charge is 0.247 e. The van der Waals surface area contributed by atoms with E-state index in [1.807, 2.05) is 6.92 Å². The Morgan fingerprint density at radius 2 is 1.96 bits per heavy atom. The summed E-state index contributed by atoms with van der Waals surface area (Å²) < 4.78 is 27.1. The fourth-order valence-electron chi connectivity index (χ4n) is 3.19. The molecular weight excluding hydrogens is 386 g/mol. The molecule has 0 aliphatic carbocycles. The van der Waals surface area contributed by atoms with Crippen molar-refractivity contribution < 1.29 is 18.0 Å². The Kier molecular flexibility index (Phi) is 6.44. The summed E-state index contributed by atoms with van der Waals surface area (Å²) in [6, 6.07) is 4.61. The molecule has 1 saturated heterocycles. The average Bonchev–Trinajstić information content (AvgIpc) is 2.94. The van der Waals surface area contributed by atoms with Gasteiger partial charge in [-0.1, -0.05) is 19.8 Å². The lowest BCUT2D eigenvalue weighted by molar-refractivity contribution is -0.133. The maximum absolute atomic E-state index is 12.8. The molecule has 0 saturated carbocycles. The van der Waals surface area contributed by atoms with Gasteiger partial charge in [0.1, 0.15) is 0 Å². The summed E-state index contributed by atoms with van der Waals surface area (Å²) in [6.07, 6.45) is 4.84. The van der Waals surface area contributed by atoms with Crippen LogP contribution in [0.25, 0.3) is 0 Å². The summed E-state index contributed by atoms with van der Waals surface area (Å²) in [5.74, 6) is -0.552. The minimum atomic E-state index is -3.61. The number of carbonyl (C=O) groups excluding carboxylic acids is 2. The standard InChI is InChI=1S/C18H25N3O4S2/c1-2-9-19-27(24,25)13-7-8-15-14(12-13)20-17(22)16(26-15)18(23)21-10-5-3-4-6-11-21/h7-8,12,16,19H,2-6,9-11H2,1H3,(H,20,22)/t16-/m0/s1. The summed E-state index contributed by atoms with van der Waals surface area (Å²) in [4.78, 5) is 27.9. The van der Waals surface area contributed by atoms with Crippen molar-refractivity contribution in [2.24, 2.45) is 0 Å². The lowest BCUT2D eigenvalue weighted by atomic mass is 10.2. The van der Waals surface area contributed by atoms with Crippen molar-refractivity contribution in [2.45, 2.75) is 54.1 Å². The van der Waals surface area contributed by atoms with E-state index in [0.29, 0.717) is 36.6 Å². The van der Waals surface area contributed by atoms with Crippen LogP contribution in [-0.2, 0) is 19.6 Å². The van der Waals surface area contributed by atoms with Crippen LogP contribution < -0.4 is 10.0 Å². The van der Waals surface area contributed by atoms with Crippen LogP contribution in [-0.4, -0.2) is 50.0 Å². The van der Waals surface area contributed by atoms with Gasteiger partial charge in [-0.3, -0.25) is 9.59 Å². The highest BCUT2D eigenvalue weighted by Crippen LogP contribution is 2.37. The Balaban J connectivity index is 1.77. The largest absolute Gasteiger partial charge is 0.341 e. The van der Waals surface area contributed by atoms with E-state index in [2.05, 4.69) is 10.0 Å². The van der Waals surface area contributed by atoms with Crippen molar-refractivity contribution in [1.29, 1.82) is 0 Å². The third-order valence-electron chi connectivity index (χ3n) is 4.69. The molecule has 0 radical (unpaired) electrons. The predicted octanol–water partition coefficient (Wildman–Crippen LogP) is 2.19. The van der Waals surface area contributed by atoms with Gasteiger partial charge in [-0.05, 0) is 37.5 Å². The van der Waals surface area contributed by atoms with Crippen LogP contribution in [0, 0.1) is 0 Å². The zero-order chi connectivity index (χ0) is 19.4. The summed E-state index contributed by atoms with van der Waals surface area (Å²) in [5.41, 5.74) is 0.435. The number of rotatable bonds is 5. The van der Waals surface area contributed by atoms with E-state index >= 15 is 0 Å². The number of nitrogens with one attached hydrogen (secondary N) is 2. The van der Waals surface area contributed by atoms with Crippen molar-refractivity contribution in [2.75, 3.05) is 25.0 Å². The van der Waals surface area contributed by atoms with Crippen molar-refractivity contribution >= 4 is 39.3 Å². The molecule has 2 N–H and O–H groups in total. The second-order valence-electron chi connectivity index (χ2n) is 6.78. The molecule has 1 aromatic rings. The number of likely N-dealkylation sites (tertiary alicyclic amines) is 1. The Morgan fingerprint density at radius 1 is 1.26 bits per heavy atom. The number of benzene rings is 1. The van der Waals surface area contributed by atoms with Gasteiger partial charge >= 0.3 is 0 Å². The van der Waals surface area contributed by atoms with Crippen molar-refractivity contribution in [1.82, 2.24) is 9.62 Å². The molecule has 2 amide bonds. The van der Waals surface area contributed by atoms with E-state index in [1.165, 1.54) is 23.9 Å². The van der Waals surface area contributed by atoms with Gasteiger partial charge < -0.3 is 10.2 Å². The fourth-order valence-corrected chi connectivity index (χ4v) is 5.41. The number of thioether (sulfide) groups is 1. The van der Waals surface area contributed by atoms with E-state index in [-0.39, 0.29) is 10.8 Å². The van der Waals surface area contributed by atoms with Crippen LogP contribution in [0.2, 0.25) is 0 Å². The molecule has 0 aromatic heterocycles. The van der Waals surface area contributed by atoms with Gasteiger partial charge in [0.2, 0.25) is 21.8 Å². The van der Waals surface area contributed by atoms with Crippen LogP contribution >= 0.6 is 11.8 Å². The molecule has 7 nitrogen and oxygen atoms in total. The average molecular weight is 412 g/mol. The first kappa shape index (κ1) is 20.2. The van der Waals surface area contributed by atoms with Crippen LogP contribution in [0.4, 0.5) is 5.69 Å². The van der Waals surface area contributed by atoms with Crippen LogP contribution in [0.5, 0.6) is 0 Å². The van der Waals surface area contributed by atoms with Gasteiger partial charge in [-0.2, -0.15) is 0 Å². The molecule has 27 heavy (non-hydrogen) atoms. The van der Waals surface area contributed by atoms with Gasteiger partial charge in [0.05, 0.1) is 10.6 Å². The quantitative estimate of drug-likeness (QED) is 0.724. The molecule has 2 heterocycles. The summed E-state index contributed by atoms with van der Waals surface area (Å²) >= 11 is 1.19. The predicted molar refractivity (Wildman–Crippen MR) is 105 cm³/mol. The Bertz CT molecular complexity index is 818. The minimum absolute atomic E-state index is 0.105. The van der Waals surface area contributed by atoms with Gasteiger partial charge in [-0.15, -0.1) is 11.8 Å². The third-order valence-corrected chi connectivity index (χ3v) is 7.41. The number of amides is 2. The highest BCUT2D eigenvalue weighted by molar-refractivity contribution is 8.01. The molecule has 1 aromatic carbocycles. The van der Waals surface area contributed by atoms with E-state index in [1.54, 1.807) is 11.0 Å². The Hall–Kier alpha value is -1.58. The van der Waals surface area contributed by atoms with Gasteiger partial charge in [0.15, 0.2) is 5.25 Å². The Labute approximate surface area is 164 Å². The first-order valence-corrected chi connectivity index (χ1v) is 11.7. The monoisotopic (exact) mass is 411 g/mol. The van der Waals surface area contributed by atoms with E-state index < -0.39 is 21.2 Å². The SMILES string of the molecule is CCCNS(=O)(=O)c1ccc2c(c1)NC(=O)[C@@H](C(=O)N1CCCCCC1)S2. The number of hydrogen-bond acceptors (Lipinski definition) is 5. The molecule has 0 bridgehead atoms. The number of hydrogen-bond donors (Lipinski definition) is 2. The van der Waals surface area contributed by atoms with Crippen LogP contribution in [0.1, 0.15) is 39.0 Å². The zero-order valence-corrected chi connectivity index (χ0v) is 17.0. The maximum Gasteiger partial charge on any atom is 0.247 e. The molecule has 0 spiro atoms. The first-order chi connectivity index (χ1) is 12.9. The first-order valence-electron chi connectivity index (χ1n) is 9.32. The Morgan fingerprint density at radius 3 is 2.63 bits per heavy atom.